The van der Waals surface area contributed by atoms with E-state index in [9.17, 15) is 19.7 Å². The summed E-state index contributed by atoms with van der Waals surface area (Å²) in [7, 11) is 0. The molecule has 0 bridgehead atoms. The fraction of sp³-hybridized carbons (Fsp3) is 0.292. The Bertz CT molecular complexity index is 1410. The molecular formula is C24H22N4O5S. The Labute approximate surface area is 198 Å². The largest absolute Gasteiger partial charge is 0.419 e. The zero-order valence-electron chi connectivity index (χ0n) is 18.3. The number of para-hydroxylation sites is 3. The molecule has 10 heteroatoms. The molecule has 1 amide bonds. The lowest BCUT2D eigenvalue weighted by Gasteiger charge is -2.31. The molecule has 174 valence electrons. The van der Waals surface area contributed by atoms with Gasteiger partial charge in [0.25, 0.3) is 5.69 Å². The Morgan fingerprint density at radius 1 is 1.15 bits per heavy atom. The maximum absolute atomic E-state index is 12.8. The number of nitrogens with zero attached hydrogens (tertiary/aromatic N) is 4. The SMILES string of the molecule is O=C(CCn1c(=O)oc2ccccc21)N1CCC(c2nc(-c3ccccc3[N+](=O)[O-])cs2)CC1. The third-order valence-electron chi connectivity index (χ3n) is 6.22. The highest BCUT2D eigenvalue weighted by molar-refractivity contribution is 7.10. The average Bonchev–Trinajstić information content (AvgIpc) is 3.47. The van der Waals surface area contributed by atoms with Crippen molar-refractivity contribution >= 4 is 34.0 Å². The number of piperidine rings is 1. The van der Waals surface area contributed by atoms with Crippen molar-refractivity contribution in [2.24, 2.45) is 0 Å². The fourth-order valence-electron chi connectivity index (χ4n) is 4.42. The topological polar surface area (TPSA) is 111 Å². The summed E-state index contributed by atoms with van der Waals surface area (Å²) in [5.41, 5.74) is 2.39. The van der Waals surface area contributed by atoms with Gasteiger partial charge in [-0.15, -0.1) is 11.3 Å². The molecule has 0 N–H and O–H groups in total. The summed E-state index contributed by atoms with van der Waals surface area (Å²) in [5, 5.41) is 14.1. The molecule has 1 aliphatic rings. The molecule has 0 aliphatic carbocycles. The predicted octanol–water partition coefficient (Wildman–Crippen LogP) is 4.42. The Morgan fingerprint density at radius 3 is 2.68 bits per heavy atom. The molecule has 0 spiro atoms. The number of rotatable bonds is 6. The maximum Gasteiger partial charge on any atom is 0.419 e. The number of oxazole rings is 1. The normalized spacial score (nSPS) is 14.5. The number of hydrogen-bond donors (Lipinski definition) is 0. The number of nitro benzene ring substituents is 1. The van der Waals surface area contributed by atoms with E-state index in [0.29, 0.717) is 35.4 Å². The first-order valence-electron chi connectivity index (χ1n) is 11.1. The number of fused-ring (bicyclic) bond motifs is 1. The van der Waals surface area contributed by atoms with Crippen LogP contribution in [0.3, 0.4) is 0 Å². The Morgan fingerprint density at radius 2 is 1.88 bits per heavy atom. The highest BCUT2D eigenvalue weighted by Gasteiger charge is 2.27. The van der Waals surface area contributed by atoms with Crippen LogP contribution in [-0.2, 0) is 11.3 Å². The molecule has 34 heavy (non-hydrogen) atoms. The number of hydrogen-bond acceptors (Lipinski definition) is 7. The van der Waals surface area contributed by atoms with Crippen molar-refractivity contribution in [1.82, 2.24) is 14.5 Å². The molecule has 1 fully saturated rings. The minimum Gasteiger partial charge on any atom is -0.408 e. The lowest BCUT2D eigenvalue weighted by molar-refractivity contribution is -0.384. The van der Waals surface area contributed by atoms with Gasteiger partial charge in [-0.25, -0.2) is 9.78 Å². The number of nitro groups is 1. The van der Waals surface area contributed by atoms with E-state index < -0.39 is 5.76 Å². The lowest BCUT2D eigenvalue weighted by Crippen LogP contribution is -2.38. The standard InChI is InChI=1S/C24H22N4O5S/c29-22(11-14-27-20-7-3-4-8-21(20)33-24(27)30)26-12-9-16(10-13-26)23-25-18(15-34-23)17-5-1-2-6-19(17)28(31)32/h1-8,15-16H,9-14H2. The minimum atomic E-state index is -0.453. The van der Waals surface area contributed by atoms with Crippen molar-refractivity contribution in [1.29, 1.82) is 0 Å². The molecule has 0 radical (unpaired) electrons. The average molecular weight is 479 g/mol. The summed E-state index contributed by atoms with van der Waals surface area (Å²) in [6, 6.07) is 13.8. The van der Waals surface area contributed by atoms with Crippen LogP contribution in [-0.4, -0.2) is 38.4 Å². The van der Waals surface area contributed by atoms with Crippen molar-refractivity contribution in [3.05, 3.63) is 79.6 Å². The Kier molecular flexibility index (Phi) is 5.97. The second-order valence-electron chi connectivity index (χ2n) is 8.24. The molecule has 3 heterocycles. The third-order valence-corrected chi connectivity index (χ3v) is 7.23. The van der Waals surface area contributed by atoms with Gasteiger partial charge in [0.2, 0.25) is 5.91 Å². The third kappa shape index (κ3) is 4.24. The fourth-order valence-corrected chi connectivity index (χ4v) is 5.41. The van der Waals surface area contributed by atoms with E-state index in [-0.39, 0.29) is 35.4 Å². The van der Waals surface area contributed by atoms with E-state index in [2.05, 4.69) is 4.98 Å². The summed E-state index contributed by atoms with van der Waals surface area (Å²) in [4.78, 5) is 42.4. The van der Waals surface area contributed by atoms with Gasteiger partial charge in [-0.05, 0) is 31.0 Å². The van der Waals surface area contributed by atoms with Gasteiger partial charge in [0.15, 0.2) is 5.58 Å². The summed E-state index contributed by atoms with van der Waals surface area (Å²) in [6.45, 7) is 1.51. The van der Waals surface area contributed by atoms with Gasteiger partial charge < -0.3 is 9.32 Å². The number of carbonyl (C=O) groups excluding carboxylic acids is 1. The van der Waals surface area contributed by atoms with Crippen LogP contribution in [0.25, 0.3) is 22.4 Å². The quantitative estimate of drug-likeness (QED) is 0.300. The number of likely N-dealkylation sites (tertiary alicyclic amines) is 1. The summed E-state index contributed by atoms with van der Waals surface area (Å²) < 4.78 is 6.73. The zero-order valence-corrected chi connectivity index (χ0v) is 19.1. The second-order valence-corrected chi connectivity index (χ2v) is 9.13. The Balaban J connectivity index is 1.20. The van der Waals surface area contributed by atoms with E-state index in [4.69, 9.17) is 4.42 Å². The van der Waals surface area contributed by atoms with Crippen molar-refractivity contribution in [3.63, 3.8) is 0 Å². The van der Waals surface area contributed by atoms with Crippen LogP contribution in [0, 0.1) is 10.1 Å². The minimum absolute atomic E-state index is 0.00960. The zero-order chi connectivity index (χ0) is 23.7. The molecule has 1 aliphatic heterocycles. The molecule has 0 saturated carbocycles. The second kappa shape index (κ2) is 9.22. The van der Waals surface area contributed by atoms with Crippen molar-refractivity contribution in [2.45, 2.75) is 31.7 Å². The van der Waals surface area contributed by atoms with E-state index in [1.165, 1.54) is 22.0 Å². The number of aromatic nitrogens is 2. The highest BCUT2D eigenvalue weighted by atomic mass is 32.1. The van der Waals surface area contributed by atoms with Crippen molar-refractivity contribution in [2.75, 3.05) is 13.1 Å². The summed E-state index contributed by atoms with van der Waals surface area (Å²) in [5.74, 6) is -0.229. The molecule has 0 atom stereocenters. The van der Waals surface area contributed by atoms with Crippen LogP contribution in [0.4, 0.5) is 5.69 Å². The smallest absolute Gasteiger partial charge is 0.408 e. The number of thiazole rings is 1. The lowest BCUT2D eigenvalue weighted by atomic mass is 9.97. The maximum atomic E-state index is 12.8. The molecule has 4 aromatic rings. The van der Waals surface area contributed by atoms with Crippen molar-refractivity contribution in [3.8, 4) is 11.3 Å². The highest BCUT2D eigenvalue weighted by Crippen LogP contribution is 2.35. The van der Waals surface area contributed by atoms with Gasteiger partial charge >= 0.3 is 5.76 Å². The van der Waals surface area contributed by atoms with Gasteiger partial charge in [0.1, 0.15) is 0 Å². The van der Waals surface area contributed by atoms with Crippen LogP contribution in [0.1, 0.15) is 30.2 Å². The van der Waals surface area contributed by atoms with E-state index in [1.54, 1.807) is 30.3 Å². The molecule has 2 aromatic carbocycles. The number of benzene rings is 2. The number of amides is 1. The van der Waals surface area contributed by atoms with Gasteiger partial charge in [-0.2, -0.15) is 0 Å². The number of aryl methyl sites for hydroxylation is 1. The first-order chi connectivity index (χ1) is 16.5. The van der Waals surface area contributed by atoms with Crippen molar-refractivity contribution < 1.29 is 14.1 Å². The number of carbonyl (C=O) groups is 1. The van der Waals surface area contributed by atoms with Gasteiger partial charge in [-0.1, -0.05) is 24.3 Å². The van der Waals surface area contributed by atoms with Gasteiger partial charge in [0.05, 0.1) is 26.7 Å². The molecule has 0 unspecified atom stereocenters. The molecule has 1 saturated heterocycles. The molecular weight excluding hydrogens is 456 g/mol. The summed E-state index contributed by atoms with van der Waals surface area (Å²) in [6.07, 6.45) is 1.79. The molecule has 5 rings (SSSR count). The van der Waals surface area contributed by atoms with Crippen LogP contribution < -0.4 is 5.76 Å². The van der Waals surface area contributed by atoms with E-state index in [1.807, 2.05) is 22.4 Å². The van der Waals surface area contributed by atoms with Crippen LogP contribution >= 0.6 is 11.3 Å². The van der Waals surface area contributed by atoms with Gasteiger partial charge in [-0.3, -0.25) is 19.5 Å². The predicted molar refractivity (Wildman–Crippen MR) is 128 cm³/mol. The van der Waals surface area contributed by atoms with E-state index in [0.717, 1.165) is 17.8 Å². The first kappa shape index (κ1) is 22.0. The molecule has 9 nitrogen and oxygen atoms in total. The monoisotopic (exact) mass is 478 g/mol. The van der Waals surface area contributed by atoms with Gasteiger partial charge in [0, 0.05) is 43.4 Å². The molecule has 2 aromatic heterocycles. The first-order valence-corrected chi connectivity index (χ1v) is 11.9. The van der Waals surface area contributed by atoms with Crippen LogP contribution in [0.5, 0.6) is 0 Å². The summed E-state index contributed by atoms with van der Waals surface area (Å²) >= 11 is 1.51. The van der Waals surface area contributed by atoms with Crippen LogP contribution in [0.15, 0.2) is 63.1 Å². The van der Waals surface area contributed by atoms with E-state index >= 15 is 0 Å². The Hall–Kier alpha value is -3.79. The van der Waals surface area contributed by atoms with Crippen LogP contribution in [0.2, 0.25) is 0 Å².